The molecule has 0 atom stereocenters. The van der Waals surface area contributed by atoms with E-state index < -0.39 is 5.97 Å². The Kier molecular flexibility index (Phi) is 4.07. The van der Waals surface area contributed by atoms with Gasteiger partial charge in [-0.3, -0.25) is 0 Å². The Morgan fingerprint density at radius 3 is 2.79 bits per heavy atom. The molecular formula is C13H12ClNO3S. The van der Waals surface area contributed by atoms with Crippen molar-refractivity contribution in [3.8, 4) is 0 Å². The number of anilines is 1. The molecule has 4 nitrogen and oxygen atoms in total. The molecule has 1 aromatic heterocycles. The van der Waals surface area contributed by atoms with Crippen LogP contribution in [0.1, 0.15) is 16.1 Å². The van der Waals surface area contributed by atoms with E-state index in [0.29, 0.717) is 21.2 Å². The third-order valence-corrected chi connectivity index (χ3v) is 4.19. The molecule has 2 rings (SSSR count). The first-order valence-corrected chi connectivity index (χ1v) is 6.61. The van der Waals surface area contributed by atoms with Gasteiger partial charge in [0.25, 0.3) is 0 Å². The van der Waals surface area contributed by atoms with Crippen molar-refractivity contribution in [2.45, 2.75) is 16.7 Å². The van der Waals surface area contributed by atoms with Crippen molar-refractivity contribution in [1.29, 1.82) is 0 Å². The second kappa shape index (κ2) is 5.59. The molecule has 0 aliphatic heterocycles. The minimum absolute atomic E-state index is 0.345. The quantitative estimate of drug-likeness (QED) is 0.690. The highest BCUT2D eigenvalue weighted by molar-refractivity contribution is 7.99. The second-order valence-corrected chi connectivity index (χ2v) is 5.27. The van der Waals surface area contributed by atoms with E-state index in [1.165, 1.54) is 18.9 Å². The highest BCUT2D eigenvalue weighted by Crippen LogP contribution is 2.39. The molecule has 19 heavy (non-hydrogen) atoms. The van der Waals surface area contributed by atoms with Crippen LogP contribution in [0.3, 0.4) is 0 Å². The molecule has 100 valence electrons. The molecule has 0 bridgehead atoms. The van der Waals surface area contributed by atoms with Crippen LogP contribution in [-0.2, 0) is 4.74 Å². The van der Waals surface area contributed by atoms with Gasteiger partial charge < -0.3 is 14.9 Å². The van der Waals surface area contributed by atoms with Crippen LogP contribution in [0.15, 0.2) is 38.7 Å². The summed E-state index contributed by atoms with van der Waals surface area (Å²) in [7, 11) is 1.32. The van der Waals surface area contributed by atoms with Crippen LogP contribution < -0.4 is 5.73 Å². The number of ether oxygens (including phenoxy) is 1. The summed E-state index contributed by atoms with van der Waals surface area (Å²) in [6.07, 6.45) is 1.58. The maximum absolute atomic E-state index is 11.8. The average Bonchev–Trinajstić information content (AvgIpc) is 2.77. The number of esters is 1. The summed E-state index contributed by atoms with van der Waals surface area (Å²) in [5.41, 5.74) is 6.47. The third kappa shape index (κ3) is 2.88. The zero-order valence-electron chi connectivity index (χ0n) is 10.4. The molecule has 6 heteroatoms. The lowest BCUT2D eigenvalue weighted by Gasteiger charge is -2.10. The number of hydrogen-bond acceptors (Lipinski definition) is 5. The summed E-state index contributed by atoms with van der Waals surface area (Å²) in [4.78, 5) is 13.3. The molecule has 0 spiro atoms. The fraction of sp³-hybridized carbons (Fsp3) is 0.154. The molecule has 0 saturated heterocycles. The molecule has 0 saturated carbocycles. The molecule has 0 radical (unpaired) electrons. The van der Waals surface area contributed by atoms with Gasteiger partial charge in [0.1, 0.15) is 5.76 Å². The normalized spacial score (nSPS) is 10.5. The minimum atomic E-state index is -0.474. The number of aryl methyl sites for hydroxylation is 1. The summed E-state index contributed by atoms with van der Waals surface area (Å²) in [5, 5.41) is 0.408. The summed E-state index contributed by atoms with van der Waals surface area (Å²) in [6, 6.07) is 4.97. The van der Waals surface area contributed by atoms with Crippen molar-refractivity contribution in [3.05, 3.63) is 40.8 Å². The van der Waals surface area contributed by atoms with Crippen LogP contribution in [-0.4, -0.2) is 13.1 Å². The monoisotopic (exact) mass is 297 g/mol. The van der Waals surface area contributed by atoms with Gasteiger partial charge in [-0.25, -0.2) is 4.79 Å². The van der Waals surface area contributed by atoms with Crippen LogP contribution in [0.4, 0.5) is 5.69 Å². The van der Waals surface area contributed by atoms with Crippen LogP contribution in [0.5, 0.6) is 0 Å². The summed E-state index contributed by atoms with van der Waals surface area (Å²) >= 11 is 7.51. The summed E-state index contributed by atoms with van der Waals surface area (Å²) < 4.78 is 9.97. The molecule has 0 amide bonds. The number of carbonyl (C=O) groups excluding carboxylic acids is 1. The van der Waals surface area contributed by atoms with Crippen molar-refractivity contribution in [3.63, 3.8) is 0 Å². The molecule has 2 aromatic rings. The number of carbonyl (C=O) groups is 1. The molecule has 1 heterocycles. The highest BCUT2D eigenvalue weighted by atomic mass is 35.5. The van der Waals surface area contributed by atoms with Crippen LogP contribution in [0, 0.1) is 6.92 Å². The van der Waals surface area contributed by atoms with E-state index in [-0.39, 0.29) is 0 Å². The van der Waals surface area contributed by atoms with Gasteiger partial charge in [0.2, 0.25) is 0 Å². The molecule has 0 aliphatic rings. The maximum Gasteiger partial charge on any atom is 0.339 e. The first-order valence-electron chi connectivity index (χ1n) is 5.42. The number of nitrogen functional groups attached to an aromatic ring is 1. The predicted molar refractivity (Wildman–Crippen MR) is 74.8 cm³/mol. The van der Waals surface area contributed by atoms with E-state index in [4.69, 9.17) is 26.5 Å². The number of nitrogens with two attached hydrogens (primary N) is 1. The van der Waals surface area contributed by atoms with Gasteiger partial charge in [-0.05, 0) is 25.1 Å². The highest BCUT2D eigenvalue weighted by Gasteiger charge is 2.18. The molecule has 0 aliphatic carbocycles. The zero-order valence-corrected chi connectivity index (χ0v) is 12.0. The van der Waals surface area contributed by atoms with E-state index in [1.807, 2.05) is 13.0 Å². The minimum Gasteiger partial charge on any atom is -0.468 e. The van der Waals surface area contributed by atoms with E-state index >= 15 is 0 Å². The predicted octanol–water partition coefficient (Wildman–Crippen LogP) is 3.76. The summed E-state index contributed by atoms with van der Waals surface area (Å²) in [6.45, 7) is 1.84. The number of hydrogen-bond donors (Lipinski definition) is 1. The Labute approximate surface area is 119 Å². The summed E-state index contributed by atoms with van der Waals surface area (Å²) in [5.74, 6) is 0.284. The smallest absolute Gasteiger partial charge is 0.339 e. The second-order valence-electron chi connectivity index (χ2n) is 3.81. The van der Waals surface area contributed by atoms with Crippen molar-refractivity contribution < 1.29 is 13.9 Å². The molecular weight excluding hydrogens is 286 g/mol. The Balaban J connectivity index is 2.49. The molecule has 0 unspecified atom stereocenters. The van der Waals surface area contributed by atoms with Crippen LogP contribution in [0.25, 0.3) is 0 Å². The van der Waals surface area contributed by atoms with Gasteiger partial charge in [0.15, 0.2) is 0 Å². The maximum atomic E-state index is 11.8. The van der Waals surface area contributed by atoms with Crippen molar-refractivity contribution in [2.24, 2.45) is 0 Å². The van der Waals surface area contributed by atoms with E-state index in [0.717, 1.165) is 10.7 Å². The van der Waals surface area contributed by atoms with E-state index in [9.17, 15) is 4.79 Å². The van der Waals surface area contributed by atoms with Crippen molar-refractivity contribution in [1.82, 2.24) is 0 Å². The Hall–Kier alpha value is -1.59. The topological polar surface area (TPSA) is 65.5 Å². The fourth-order valence-corrected chi connectivity index (χ4v) is 2.86. The number of benzene rings is 1. The fourth-order valence-electron chi connectivity index (χ4n) is 1.57. The largest absolute Gasteiger partial charge is 0.468 e. The Bertz CT molecular complexity index is 624. The first-order chi connectivity index (χ1) is 9.02. The van der Waals surface area contributed by atoms with E-state index in [1.54, 1.807) is 18.4 Å². The molecule has 1 aromatic carbocycles. The van der Waals surface area contributed by atoms with Gasteiger partial charge >= 0.3 is 5.97 Å². The average molecular weight is 298 g/mol. The van der Waals surface area contributed by atoms with Crippen LogP contribution >= 0.6 is 23.4 Å². The first kappa shape index (κ1) is 13.8. The van der Waals surface area contributed by atoms with Crippen molar-refractivity contribution in [2.75, 3.05) is 12.8 Å². The standard InChI is InChI=1S/C13H12ClNO3S/c1-7-11(3-4-18-7)19-12-9(13(16)17-2)5-8(15)6-10(12)14/h3-6H,15H2,1-2H3. The number of furan rings is 1. The van der Waals surface area contributed by atoms with Gasteiger partial charge in [0, 0.05) is 10.6 Å². The molecule has 2 N–H and O–H groups in total. The van der Waals surface area contributed by atoms with Crippen molar-refractivity contribution >= 4 is 35.0 Å². The lowest BCUT2D eigenvalue weighted by Crippen LogP contribution is -2.04. The third-order valence-electron chi connectivity index (χ3n) is 2.49. The van der Waals surface area contributed by atoms with Gasteiger partial charge in [-0.15, -0.1) is 0 Å². The lowest BCUT2D eigenvalue weighted by molar-refractivity contribution is 0.0597. The number of methoxy groups -OCH3 is 1. The Morgan fingerprint density at radius 2 is 2.21 bits per heavy atom. The van der Waals surface area contributed by atoms with Crippen LogP contribution in [0.2, 0.25) is 5.02 Å². The van der Waals surface area contributed by atoms with Gasteiger partial charge in [-0.2, -0.15) is 0 Å². The SMILES string of the molecule is COC(=O)c1cc(N)cc(Cl)c1Sc1ccoc1C. The van der Waals surface area contributed by atoms with Gasteiger partial charge in [0.05, 0.1) is 28.9 Å². The Morgan fingerprint density at radius 1 is 1.47 bits per heavy atom. The number of halogens is 1. The van der Waals surface area contributed by atoms with E-state index in [2.05, 4.69) is 0 Å². The lowest BCUT2D eigenvalue weighted by atomic mass is 10.2. The zero-order chi connectivity index (χ0) is 14.0. The number of rotatable bonds is 3. The molecule has 0 fully saturated rings. The van der Waals surface area contributed by atoms with Gasteiger partial charge in [-0.1, -0.05) is 23.4 Å².